The van der Waals surface area contributed by atoms with Crippen LogP contribution in [0.5, 0.6) is 0 Å². The Bertz CT molecular complexity index is 141. The van der Waals surface area contributed by atoms with Gasteiger partial charge in [0.25, 0.3) is 0 Å². The first-order chi connectivity index (χ1) is 6.27. The molecule has 3 N–H and O–H groups in total. The van der Waals surface area contributed by atoms with Crippen molar-refractivity contribution in [3.63, 3.8) is 0 Å². The Labute approximate surface area is 80.9 Å². The second-order valence-corrected chi connectivity index (χ2v) is 4.11. The van der Waals surface area contributed by atoms with E-state index in [1.807, 2.05) is 0 Å². The van der Waals surface area contributed by atoms with Crippen molar-refractivity contribution in [3.05, 3.63) is 0 Å². The molecule has 78 valence electrons. The highest BCUT2D eigenvalue weighted by molar-refractivity contribution is 4.81. The minimum Gasteiger partial charge on any atom is -0.395 e. The van der Waals surface area contributed by atoms with Crippen molar-refractivity contribution in [1.82, 2.24) is 4.90 Å². The standard InChI is InChI=1S/C10H22N2O/c1-12(6-7-13)10-3-2-9(8-10)4-5-11/h9-10,13H,2-8,11H2,1H3. The van der Waals surface area contributed by atoms with Gasteiger partial charge in [-0.3, -0.25) is 0 Å². The third kappa shape index (κ3) is 3.25. The number of likely N-dealkylation sites (N-methyl/N-ethyl adjacent to an activating group) is 1. The maximum Gasteiger partial charge on any atom is 0.0558 e. The van der Waals surface area contributed by atoms with Crippen LogP contribution in [0.4, 0.5) is 0 Å². The Kier molecular flexibility index (Phi) is 4.70. The largest absolute Gasteiger partial charge is 0.395 e. The molecule has 2 atom stereocenters. The quantitative estimate of drug-likeness (QED) is 0.654. The molecule has 1 rings (SSSR count). The van der Waals surface area contributed by atoms with Gasteiger partial charge in [0, 0.05) is 12.6 Å². The second kappa shape index (κ2) is 5.58. The van der Waals surface area contributed by atoms with Gasteiger partial charge in [0.05, 0.1) is 6.61 Å². The molecule has 0 spiro atoms. The molecule has 3 heteroatoms. The van der Waals surface area contributed by atoms with Crippen LogP contribution in [0, 0.1) is 5.92 Å². The molecule has 1 aliphatic carbocycles. The lowest BCUT2D eigenvalue weighted by Crippen LogP contribution is -2.32. The van der Waals surface area contributed by atoms with Gasteiger partial charge in [-0.2, -0.15) is 0 Å². The highest BCUT2D eigenvalue weighted by atomic mass is 16.3. The smallest absolute Gasteiger partial charge is 0.0558 e. The topological polar surface area (TPSA) is 49.5 Å². The summed E-state index contributed by atoms with van der Waals surface area (Å²) in [4.78, 5) is 2.27. The summed E-state index contributed by atoms with van der Waals surface area (Å²) in [5.41, 5.74) is 5.53. The highest BCUT2D eigenvalue weighted by Gasteiger charge is 2.26. The molecule has 0 heterocycles. The molecule has 0 aromatic rings. The average Bonchev–Trinajstić information content (AvgIpc) is 2.54. The predicted molar refractivity (Wildman–Crippen MR) is 54.5 cm³/mol. The first-order valence-electron chi connectivity index (χ1n) is 5.29. The van der Waals surface area contributed by atoms with Gasteiger partial charge < -0.3 is 15.7 Å². The van der Waals surface area contributed by atoms with E-state index >= 15 is 0 Å². The predicted octanol–water partition coefficient (Wildman–Crippen LogP) is 0.428. The van der Waals surface area contributed by atoms with Crippen molar-refractivity contribution >= 4 is 0 Å². The zero-order chi connectivity index (χ0) is 9.68. The molecule has 13 heavy (non-hydrogen) atoms. The fourth-order valence-electron chi connectivity index (χ4n) is 2.29. The molecule has 0 saturated heterocycles. The molecule has 1 fully saturated rings. The van der Waals surface area contributed by atoms with Crippen LogP contribution >= 0.6 is 0 Å². The molecule has 0 aliphatic heterocycles. The third-order valence-electron chi connectivity index (χ3n) is 3.16. The zero-order valence-electron chi connectivity index (χ0n) is 8.58. The van der Waals surface area contributed by atoms with Crippen molar-refractivity contribution in [2.24, 2.45) is 11.7 Å². The number of hydrogen-bond acceptors (Lipinski definition) is 3. The summed E-state index contributed by atoms with van der Waals surface area (Å²) in [6.07, 6.45) is 5.04. The van der Waals surface area contributed by atoms with Crippen LogP contribution in [-0.4, -0.2) is 42.8 Å². The number of hydrogen-bond donors (Lipinski definition) is 2. The van der Waals surface area contributed by atoms with Crippen molar-refractivity contribution < 1.29 is 5.11 Å². The van der Waals surface area contributed by atoms with Gasteiger partial charge in [-0.05, 0) is 45.2 Å². The van der Waals surface area contributed by atoms with Crippen LogP contribution in [-0.2, 0) is 0 Å². The van der Waals surface area contributed by atoms with E-state index in [1.165, 1.54) is 25.7 Å². The maximum atomic E-state index is 8.80. The van der Waals surface area contributed by atoms with Crippen LogP contribution in [0.25, 0.3) is 0 Å². The van der Waals surface area contributed by atoms with Crippen LogP contribution in [0.1, 0.15) is 25.7 Å². The van der Waals surface area contributed by atoms with Gasteiger partial charge in [-0.25, -0.2) is 0 Å². The normalized spacial score (nSPS) is 28.6. The molecule has 1 aliphatic rings. The van der Waals surface area contributed by atoms with Gasteiger partial charge in [-0.1, -0.05) is 0 Å². The van der Waals surface area contributed by atoms with Gasteiger partial charge >= 0.3 is 0 Å². The molecule has 0 radical (unpaired) electrons. The monoisotopic (exact) mass is 186 g/mol. The van der Waals surface area contributed by atoms with Crippen LogP contribution in [0.2, 0.25) is 0 Å². The first-order valence-corrected chi connectivity index (χ1v) is 5.29. The summed E-state index contributed by atoms with van der Waals surface area (Å²) < 4.78 is 0. The van der Waals surface area contributed by atoms with Crippen LogP contribution in [0.15, 0.2) is 0 Å². The van der Waals surface area contributed by atoms with E-state index in [0.29, 0.717) is 6.04 Å². The van der Waals surface area contributed by atoms with E-state index in [-0.39, 0.29) is 6.61 Å². The Hall–Kier alpha value is -0.120. The number of aliphatic hydroxyl groups is 1. The van der Waals surface area contributed by atoms with E-state index in [2.05, 4.69) is 11.9 Å². The average molecular weight is 186 g/mol. The van der Waals surface area contributed by atoms with Gasteiger partial charge in [0.1, 0.15) is 0 Å². The fraction of sp³-hybridized carbons (Fsp3) is 1.00. The van der Waals surface area contributed by atoms with E-state index in [0.717, 1.165) is 19.0 Å². The molecule has 2 unspecified atom stereocenters. The van der Waals surface area contributed by atoms with E-state index in [9.17, 15) is 0 Å². The zero-order valence-corrected chi connectivity index (χ0v) is 8.58. The van der Waals surface area contributed by atoms with Gasteiger partial charge in [-0.15, -0.1) is 0 Å². The summed E-state index contributed by atoms with van der Waals surface area (Å²) >= 11 is 0. The molecule has 0 bridgehead atoms. The highest BCUT2D eigenvalue weighted by Crippen LogP contribution is 2.30. The van der Waals surface area contributed by atoms with Gasteiger partial charge in [0.2, 0.25) is 0 Å². The first kappa shape index (κ1) is 11.0. The lowest BCUT2D eigenvalue weighted by Gasteiger charge is -2.23. The maximum absolute atomic E-state index is 8.80. The van der Waals surface area contributed by atoms with E-state index in [1.54, 1.807) is 0 Å². The summed E-state index contributed by atoms with van der Waals surface area (Å²) in [6.45, 7) is 1.90. The van der Waals surface area contributed by atoms with Crippen molar-refractivity contribution in [3.8, 4) is 0 Å². The number of nitrogens with two attached hydrogens (primary N) is 1. The minimum atomic E-state index is 0.272. The lowest BCUT2D eigenvalue weighted by atomic mass is 10.0. The Morgan fingerprint density at radius 1 is 1.46 bits per heavy atom. The minimum absolute atomic E-state index is 0.272. The molecule has 1 saturated carbocycles. The Morgan fingerprint density at radius 2 is 2.23 bits per heavy atom. The summed E-state index contributed by atoms with van der Waals surface area (Å²) in [5, 5.41) is 8.80. The second-order valence-electron chi connectivity index (χ2n) is 4.11. The number of aliphatic hydroxyl groups excluding tert-OH is 1. The van der Waals surface area contributed by atoms with Crippen LogP contribution in [0.3, 0.4) is 0 Å². The Balaban J connectivity index is 2.23. The molecule has 3 nitrogen and oxygen atoms in total. The number of rotatable bonds is 5. The molecular weight excluding hydrogens is 164 g/mol. The fourth-order valence-corrected chi connectivity index (χ4v) is 2.29. The van der Waals surface area contributed by atoms with E-state index in [4.69, 9.17) is 10.8 Å². The molecule has 0 aromatic carbocycles. The van der Waals surface area contributed by atoms with Crippen molar-refractivity contribution in [2.75, 3.05) is 26.7 Å². The van der Waals surface area contributed by atoms with Gasteiger partial charge in [0.15, 0.2) is 0 Å². The molecular formula is C10H22N2O. The third-order valence-corrected chi connectivity index (χ3v) is 3.16. The lowest BCUT2D eigenvalue weighted by molar-refractivity contribution is 0.179. The summed E-state index contributed by atoms with van der Waals surface area (Å²) in [7, 11) is 2.10. The molecule has 0 aromatic heterocycles. The van der Waals surface area contributed by atoms with E-state index < -0.39 is 0 Å². The number of nitrogens with zero attached hydrogens (tertiary/aromatic N) is 1. The summed E-state index contributed by atoms with van der Waals surface area (Å²) in [6, 6.07) is 0.684. The summed E-state index contributed by atoms with van der Waals surface area (Å²) in [5.74, 6) is 0.830. The van der Waals surface area contributed by atoms with Crippen molar-refractivity contribution in [2.45, 2.75) is 31.7 Å². The van der Waals surface area contributed by atoms with Crippen molar-refractivity contribution in [1.29, 1.82) is 0 Å². The SMILES string of the molecule is CN(CCO)C1CCC(CCN)C1. The Morgan fingerprint density at radius 3 is 2.85 bits per heavy atom. The van der Waals surface area contributed by atoms with Crippen LogP contribution < -0.4 is 5.73 Å². The molecule has 0 amide bonds.